The first kappa shape index (κ1) is 19.0. The first-order valence-electron chi connectivity index (χ1n) is 10.0. The summed E-state index contributed by atoms with van der Waals surface area (Å²) >= 11 is 0. The molecule has 1 aromatic heterocycles. The highest BCUT2D eigenvalue weighted by molar-refractivity contribution is 5.90. The van der Waals surface area contributed by atoms with Crippen LogP contribution in [0.3, 0.4) is 0 Å². The van der Waals surface area contributed by atoms with E-state index in [0.29, 0.717) is 52.4 Å². The van der Waals surface area contributed by atoms with Crippen molar-refractivity contribution < 1.29 is 14.3 Å². The Kier molecular flexibility index (Phi) is 5.64. The number of benzene rings is 1. The van der Waals surface area contributed by atoms with Crippen molar-refractivity contribution in [3.63, 3.8) is 0 Å². The second-order valence-electron chi connectivity index (χ2n) is 7.60. The van der Waals surface area contributed by atoms with Crippen LogP contribution >= 0.6 is 0 Å². The van der Waals surface area contributed by atoms with Gasteiger partial charge < -0.3 is 19.5 Å². The predicted molar refractivity (Wildman–Crippen MR) is 107 cm³/mol. The van der Waals surface area contributed by atoms with Gasteiger partial charge >= 0.3 is 0 Å². The minimum atomic E-state index is 0.133. The molecule has 2 fully saturated rings. The third-order valence-corrected chi connectivity index (χ3v) is 5.80. The molecule has 2 amide bonds. The molecule has 0 saturated carbocycles. The van der Waals surface area contributed by atoms with Crippen molar-refractivity contribution in [3.05, 3.63) is 35.5 Å². The molecule has 7 nitrogen and oxygen atoms in total. The molecule has 2 aliphatic rings. The molecule has 0 atom stereocenters. The lowest BCUT2D eigenvalue weighted by molar-refractivity contribution is -0.140. The lowest BCUT2D eigenvalue weighted by atomic mass is 10.1. The topological polar surface area (TPSA) is 68.9 Å². The number of aromatic amines is 1. The second-order valence-corrected chi connectivity index (χ2v) is 7.60. The van der Waals surface area contributed by atoms with Gasteiger partial charge in [-0.15, -0.1) is 0 Å². The largest absolute Gasteiger partial charge is 0.379 e. The number of morpholine rings is 1. The van der Waals surface area contributed by atoms with E-state index in [4.69, 9.17) is 4.74 Å². The van der Waals surface area contributed by atoms with Gasteiger partial charge in [0.15, 0.2) is 0 Å². The Morgan fingerprint density at radius 3 is 2.32 bits per heavy atom. The van der Waals surface area contributed by atoms with Gasteiger partial charge in [0.1, 0.15) is 0 Å². The first-order valence-corrected chi connectivity index (χ1v) is 10.0. The number of aromatic nitrogens is 1. The van der Waals surface area contributed by atoms with Crippen molar-refractivity contribution in [2.45, 2.75) is 13.3 Å². The van der Waals surface area contributed by atoms with E-state index in [1.807, 2.05) is 34.9 Å². The zero-order valence-corrected chi connectivity index (χ0v) is 16.4. The summed E-state index contributed by atoms with van der Waals surface area (Å²) in [5.41, 5.74) is 3.20. The van der Waals surface area contributed by atoms with Gasteiger partial charge in [0.25, 0.3) is 0 Å². The maximum Gasteiger partial charge on any atom is 0.236 e. The molecule has 7 heteroatoms. The average molecular weight is 384 g/mol. The summed E-state index contributed by atoms with van der Waals surface area (Å²) in [5.74, 6) is 0.287. The molecule has 0 spiro atoms. The van der Waals surface area contributed by atoms with Crippen molar-refractivity contribution >= 4 is 22.7 Å². The van der Waals surface area contributed by atoms with Gasteiger partial charge in [-0.25, -0.2) is 0 Å². The minimum Gasteiger partial charge on any atom is -0.379 e. The molecule has 150 valence electrons. The lowest BCUT2D eigenvalue weighted by Gasteiger charge is -2.36. The highest BCUT2D eigenvalue weighted by Gasteiger charge is 2.26. The number of aryl methyl sites for hydroxylation is 1. The fourth-order valence-electron chi connectivity index (χ4n) is 4.08. The Labute approximate surface area is 165 Å². The van der Waals surface area contributed by atoms with Crippen LogP contribution in [-0.2, 0) is 20.7 Å². The first-order chi connectivity index (χ1) is 13.6. The van der Waals surface area contributed by atoms with Crippen LogP contribution in [0, 0.1) is 6.92 Å². The average Bonchev–Trinajstić information content (AvgIpc) is 3.04. The third kappa shape index (κ3) is 4.05. The van der Waals surface area contributed by atoms with E-state index < -0.39 is 0 Å². The van der Waals surface area contributed by atoms with Crippen LogP contribution in [0.1, 0.15) is 11.3 Å². The van der Waals surface area contributed by atoms with E-state index >= 15 is 0 Å². The van der Waals surface area contributed by atoms with Gasteiger partial charge in [-0.1, -0.05) is 18.2 Å². The van der Waals surface area contributed by atoms with E-state index in [2.05, 4.69) is 16.0 Å². The van der Waals surface area contributed by atoms with Crippen molar-refractivity contribution in [2.75, 3.05) is 59.0 Å². The quantitative estimate of drug-likeness (QED) is 0.855. The number of carbonyl (C=O) groups is 2. The van der Waals surface area contributed by atoms with Crippen LogP contribution in [0.15, 0.2) is 24.3 Å². The molecule has 2 aromatic rings. The molecule has 4 rings (SSSR count). The summed E-state index contributed by atoms with van der Waals surface area (Å²) in [6, 6.07) is 8.10. The lowest BCUT2D eigenvalue weighted by Crippen LogP contribution is -2.53. The summed E-state index contributed by atoms with van der Waals surface area (Å²) in [7, 11) is 0. The van der Waals surface area contributed by atoms with Crippen molar-refractivity contribution in [1.29, 1.82) is 0 Å². The highest BCUT2D eigenvalue weighted by Crippen LogP contribution is 2.23. The third-order valence-electron chi connectivity index (χ3n) is 5.80. The molecule has 1 N–H and O–H groups in total. The number of nitrogens with one attached hydrogen (secondary N) is 1. The Morgan fingerprint density at radius 2 is 1.61 bits per heavy atom. The number of piperazine rings is 1. The highest BCUT2D eigenvalue weighted by atomic mass is 16.5. The molecular formula is C21H28N4O3. The van der Waals surface area contributed by atoms with Gasteiger partial charge in [0, 0.05) is 55.9 Å². The number of nitrogens with zero attached hydrogens (tertiary/aromatic N) is 3. The van der Waals surface area contributed by atoms with Crippen molar-refractivity contribution in [1.82, 2.24) is 19.7 Å². The maximum absolute atomic E-state index is 12.8. The van der Waals surface area contributed by atoms with E-state index in [1.165, 1.54) is 0 Å². The maximum atomic E-state index is 12.8. The monoisotopic (exact) mass is 384 g/mol. The number of fused-ring (bicyclic) bond motifs is 1. The van der Waals surface area contributed by atoms with Gasteiger partial charge in [0.05, 0.1) is 26.2 Å². The number of rotatable bonds is 4. The Balaban J connectivity index is 1.31. The zero-order chi connectivity index (χ0) is 19.5. The number of hydrogen-bond donors (Lipinski definition) is 1. The van der Waals surface area contributed by atoms with Crippen LogP contribution in [0.4, 0.5) is 0 Å². The molecular weight excluding hydrogens is 356 g/mol. The Bertz CT molecular complexity index is 848. The summed E-state index contributed by atoms with van der Waals surface area (Å²) in [6.07, 6.45) is 0.400. The summed E-state index contributed by atoms with van der Waals surface area (Å²) in [4.78, 5) is 34.6. The van der Waals surface area contributed by atoms with E-state index in [1.54, 1.807) is 0 Å². The van der Waals surface area contributed by atoms with Gasteiger partial charge in [-0.2, -0.15) is 0 Å². The standard InChI is InChI=1S/C21H28N4O3/c1-16-18(17-4-2-3-5-19(17)22-16)14-20(26)24-6-8-25(9-7-24)21(27)15-23-10-12-28-13-11-23/h2-5,22H,6-15H2,1H3. The van der Waals surface area contributed by atoms with Gasteiger partial charge in [0.2, 0.25) is 11.8 Å². The number of H-pyrrole nitrogens is 1. The molecule has 3 heterocycles. The number of para-hydroxylation sites is 1. The summed E-state index contributed by atoms with van der Waals surface area (Å²) in [5, 5.41) is 1.12. The molecule has 0 aliphatic carbocycles. The van der Waals surface area contributed by atoms with Crippen LogP contribution in [0.5, 0.6) is 0 Å². The van der Waals surface area contributed by atoms with E-state index in [-0.39, 0.29) is 11.8 Å². The number of carbonyl (C=O) groups excluding carboxylic acids is 2. The SMILES string of the molecule is Cc1[nH]c2ccccc2c1CC(=O)N1CCN(C(=O)CN2CCOCC2)CC1. The smallest absolute Gasteiger partial charge is 0.236 e. The normalized spacial score (nSPS) is 18.6. The summed E-state index contributed by atoms with van der Waals surface area (Å²) in [6.45, 7) is 7.93. The molecule has 1 aromatic carbocycles. The van der Waals surface area contributed by atoms with Crippen LogP contribution in [0.25, 0.3) is 10.9 Å². The second kappa shape index (κ2) is 8.32. The predicted octanol–water partition coefficient (Wildman–Crippen LogP) is 1.02. The van der Waals surface area contributed by atoms with Crippen LogP contribution < -0.4 is 0 Å². The minimum absolute atomic E-state index is 0.133. The fraction of sp³-hybridized carbons (Fsp3) is 0.524. The molecule has 0 bridgehead atoms. The van der Waals surface area contributed by atoms with Crippen molar-refractivity contribution in [2.24, 2.45) is 0 Å². The van der Waals surface area contributed by atoms with Crippen LogP contribution in [-0.4, -0.2) is 90.5 Å². The Morgan fingerprint density at radius 1 is 0.964 bits per heavy atom. The molecule has 0 unspecified atom stereocenters. The number of amides is 2. The van der Waals surface area contributed by atoms with Crippen molar-refractivity contribution in [3.8, 4) is 0 Å². The Hall–Kier alpha value is -2.38. The molecule has 0 radical (unpaired) electrons. The van der Waals surface area contributed by atoms with E-state index in [0.717, 1.165) is 35.2 Å². The van der Waals surface area contributed by atoms with Gasteiger partial charge in [-0.3, -0.25) is 14.5 Å². The molecule has 28 heavy (non-hydrogen) atoms. The fourth-order valence-corrected chi connectivity index (χ4v) is 4.08. The number of ether oxygens (including phenoxy) is 1. The summed E-state index contributed by atoms with van der Waals surface area (Å²) < 4.78 is 5.33. The van der Waals surface area contributed by atoms with Crippen LogP contribution in [0.2, 0.25) is 0 Å². The number of hydrogen-bond acceptors (Lipinski definition) is 4. The van der Waals surface area contributed by atoms with E-state index in [9.17, 15) is 9.59 Å². The zero-order valence-electron chi connectivity index (χ0n) is 16.4. The van der Waals surface area contributed by atoms with Gasteiger partial charge in [-0.05, 0) is 18.6 Å². The molecule has 2 aliphatic heterocycles. The molecule has 2 saturated heterocycles.